The van der Waals surface area contributed by atoms with E-state index in [1.807, 2.05) is 103 Å². The normalized spacial score (nSPS) is 11.4. The second-order valence-corrected chi connectivity index (χ2v) is 7.87. The van der Waals surface area contributed by atoms with Crippen LogP contribution in [0.1, 0.15) is 12.5 Å². The van der Waals surface area contributed by atoms with E-state index in [1.54, 1.807) is 6.92 Å². The number of hydrogen-bond donors (Lipinski definition) is 0. The summed E-state index contributed by atoms with van der Waals surface area (Å²) in [4.78, 5) is 12.0. The van der Waals surface area contributed by atoms with Crippen LogP contribution in [-0.4, -0.2) is 25.8 Å². The molecule has 6 nitrogen and oxygen atoms in total. The number of esters is 1. The van der Waals surface area contributed by atoms with Crippen molar-refractivity contribution in [2.24, 2.45) is 0 Å². The van der Waals surface area contributed by atoms with Crippen molar-refractivity contribution >= 4 is 5.97 Å². The summed E-state index contributed by atoms with van der Waals surface area (Å²) in [6, 6.07) is 32.0. The van der Waals surface area contributed by atoms with Crippen LogP contribution in [0.25, 0.3) is 0 Å². The summed E-state index contributed by atoms with van der Waals surface area (Å²) in [6.07, 6.45) is -0.220. The standard InChI is InChI=1S/C30H28O6/c1-3-33-30(31)29(32-2)20-22-16-18-24(19-17-22)34-25-12-9-13-26(21-25)36-28-15-8-7-14-27(28)35-23-10-5-4-6-11-23/h4-19,21,29H,3,20H2,1-2H3/t29-/m0/s1. The minimum atomic E-state index is -0.640. The Morgan fingerprint density at radius 3 is 1.86 bits per heavy atom. The molecule has 0 heterocycles. The maximum Gasteiger partial charge on any atom is 0.335 e. The topological polar surface area (TPSA) is 63.2 Å². The summed E-state index contributed by atoms with van der Waals surface area (Å²) in [5, 5.41) is 0. The molecule has 0 spiro atoms. The van der Waals surface area contributed by atoms with Gasteiger partial charge in [0, 0.05) is 19.6 Å². The van der Waals surface area contributed by atoms with E-state index in [1.165, 1.54) is 7.11 Å². The van der Waals surface area contributed by atoms with Crippen LogP contribution in [0.5, 0.6) is 34.5 Å². The van der Waals surface area contributed by atoms with Crippen LogP contribution < -0.4 is 14.2 Å². The molecule has 0 radical (unpaired) electrons. The summed E-state index contributed by atoms with van der Waals surface area (Å²) >= 11 is 0. The molecule has 0 bridgehead atoms. The van der Waals surface area contributed by atoms with Gasteiger partial charge in [-0.1, -0.05) is 48.5 Å². The quantitative estimate of drug-likeness (QED) is 0.210. The number of benzene rings is 4. The van der Waals surface area contributed by atoms with Crippen molar-refractivity contribution in [3.8, 4) is 34.5 Å². The first-order chi connectivity index (χ1) is 17.6. The Kier molecular flexibility index (Phi) is 8.57. The summed E-state index contributed by atoms with van der Waals surface area (Å²) in [7, 11) is 1.50. The predicted octanol–water partition coefficient (Wildman–Crippen LogP) is 7.18. The third-order valence-electron chi connectivity index (χ3n) is 5.27. The van der Waals surface area contributed by atoms with Crippen molar-refractivity contribution in [3.05, 3.63) is 109 Å². The summed E-state index contributed by atoms with van der Waals surface area (Å²) < 4.78 is 28.4. The van der Waals surface area contributed by atoms with Crippen molar-refractivity contribution in [1.82, 2.24) is 0 Å². The molecule has 36 heavy (non-hydrogen) atoms. The van der Waals surface area contributed by atoms with Crippen LogP contribution in [-0.2, 0) is 20.7 Å². The van der Waals surface area contributed by atoms with Gasteiger partial charge in [0.05, 0.1) is 6.61 Å². The fourth-order valence-electron chi connectivity index (χ4n) is 3.50. The van der Waals surface area contributed by atoms with Gasteiger partial charge in [0.15, 0.2) is 17.6 Å². The van der Waals surface area contributed by atoms with Gasteiger partial charge in [-0.15, -0.1) is 0 Å². The Labute approximate surface area is 211 Å². The SMILES string of the molecule is CCOC(=O)[C@H](Cc1ccc(Oc2cccc(Oc3ccccc3Oc3ccccc3)c2)cc1)OC. The van der Waals surface area contributed by atoms with Crippen molar-refractivity contribution in [1.29, 1.82) is 0 Å². The van der Waals surface area contributed by atoms with E-state index in [0.29, 0.717) is 41.8 Å². The number of hydrogen-bond acceptors (Lipinski definition) is 6. The Bertz CT molecular complexity index is 1250. The number of para-hydroxylation sites is 3. The molecule has 0 saturated carbocycles. The first kappa shape index (κ1) is 24.8. The molecule has 4 aromatic carbocycles. The Hall–Kier alpha value is -4.29. The highest BCUT2D eigenvalue weighted by molar-refractivity contribution is 5.75. The molecule has 0 aliphatic carbocycles. The van der Waals surface area contributed by atoms with Crippen molar-refractivity contribution < 1.29 is 28.5 Å². The minimum absolute atomic E-state index is 0.319. The molecule has 0 saturated heterocycles. The molecule has 1 atom stereocenters. The van der Waals surface area contributed by atoms with E-state index in [4.69, 9.17) is 23.7 Å². The van der Waals surface area contributed by atoms with Gasteiger partial charge in [-0.05, 0) is 61.0 Å². The lowest BCUT2D eigenvalue weighted by Crippen LogP contribution is -2.27. The molecular formula is C30H28O6. The molecule has 4 rings (SSSR count). The van der Waals surface area contributed by atoms with Gasteiger partial charge in [0.1, 0.15) is 23.0 Å². The summed E-state index contributed by atoms with van der Waals surface area (Å²) in [5.41, 5.74) is 0.939. The fourth-order valence-corrected chi connectivity index (χ4v) is 3.50. The van der Waals surface area contributed by atoms with Crippen LogP contribution in [0, 0.1) is 0 Å². The van der Waals surface area contributed by atoms with Gasteiger partial charge in [-0.25, -0.2) is 4.79 Å². The zero-order chi connectivity index (χ0) is 25.2. The van der Waals surface area contributed by atoms with E-state index in [-0.39, 0.29) is 5.97 Å². The zero-order valence-corrected chi connectivity index (χ0v) is 20.3. The van der Waals surface area contributed by atoms with E-state index in [2.05, 4.69) is 0 Å². The molecule has 4 aromatic rings. The smallest absolute Gasteiger partial charge is 0.335 e. The van der Waals surface area contributed by atoms with E-state index >= 15 is 0 Å². The molecule has 6 heteroatoms. The van der Waals surface area contributed by atoms with Gasteiger partial charge in [-0.3, -0.25) is 0 Å². The number of carbonyl (C=O) groups is 1. The van der Waals surface area contributed by atoms with Crippen molar-refractivity contribution in [3.63, 3.8) is 0 Å². The molecule has 0 unspecified atom stereocenters. The molecule has 0 N–H and O–H groups in total. The second kappa shape index (κ2) is 12.4. The van der Waals surface area contributed by atoms with Crippen LogP contribution in [0.2, 0.25) is 0 Å². The maximum atomic E-state index is 12.0. The van der Waals surface area contributed by atoms with Gasteiger partial charge >= 0.3 is 5.97 Å². The monoisotopic (exact) mass is 484 g/mol. The van der Waals surface area contributed by atoms with Crippen LogP contribution in [0.3, 0.4) is 0 Å². The van der Waals surface area contributed by atoms with Gasteiger partial charge in [0.25, 0.3) is 0 Å². The van der Waals surface area contributed by atoms with Gasteiger partial charge in [-0.2, -0.15) is 0 Å². The number of ether oxygens (including phenoxy) is 5. The Morgan fingerprint density at radius 1 is 0.667 bits per heavy atom. The highest BCUT2D eigenvalue weighted by Crippen LogP contribution is 2.36. The van der Waals surface area contributed by atoms with Gasteiger partial charge < -0.3 is 23.7 Å². The minimum Gasteiger partial charge on any atom is -0.464 e. The maximum absolute atomic E-state index is 12.0. The fraction of sp³-hybridized carbons (Fsp3) is 0.167. The number of rotatable bonds is 11. The first-order valence-electron chi connectivity index (χ1n) is 11.7. The lowest BCUT2D eigenvalue weighted by molar-refractivity contribution is -0.154. The third-order valence-corrected chi connectivity index (χ3v) is 5.27. The second-order valence-electron chi connectivity index (χ2n) is 7.87. The molecule has 0 fully saturated rings. The molecule has 0 aliphatic rings. The largest absolute Gasteiger partial charge is 0.464 e. The van der Waals surface area contributed by atoms with E-state index in [0.717, 1.165) is 11.3 Å². The lowest BCUT2D eigenvalue weighted by atomic mass is 10.1. The predicted molar refractivity (Wildman–Crippen MR) is 137 cm³/mol. The van der Waals surface area contributed by atoms with E-state index in [9.17, 15) is 4.79 Å². The van der Waals surface area contributed by atoms with Crippen LogP contribution in [0.4, 0.5) is 0 Å². The molecule has 0 aromatic heterocycles. The van der Waals surface area contributed by atoms with Crippen molar-refractivity contribution in [2.45, 2.75) is 19.4 Å². The molecular weight excluding hydrogens is 456 g/mol. The Balaban J connectivity index is 1.41. The first-order valence-corrected chi connectivity index (χ1v) is 11.7. The van der Waals surface area contributed by atoms with E-state index < -0.39 is 6.10 Å². The molecule has 184 valence electrons. The highest BCUT2D eigenvalue weighted by atomic mass is 16.6. The Morgan fingerprint density at radius 2 is 1.22 bits per heavy atom. The summed E-state index contributed by atoms with van der Waals surface area (Å²) in [5.74, 6) is 3.48. The summed E-state index contributed by atoms with van der Waals surface area (Å²) in [6.45, 7) is 2.09. The van der Waals surface area contributed by atoms with Crippen LogP contribution >= 0.6 is 0 Å². The third kappa shape index (κ3) is 6.87. The van der Waals surface area contributed by atoms with Gasteiger partial charge in [0.2, 0.25) is 0 Å². The molecule has 0 amide bonds. The van der Waals surface area contributed by atoms with Crippen molar-refractivity contribution in [2.75, 3.05) is 13.7 Å². The lowest BCUT2D eigenvalue weighted by Gasteiger charge is -2.14. The number of methoxy groups -OCH3 is 1. The average Bonchev–Trinajstić information content (AvgIpc) is 2.90. The highest BCUT2D eigenvalue weighted by Gasteiger charge is 2.19. The van der Waals surface area contributed by atoms with Crippen LogP contribution in [0.15, 0.2) is 103 Å². The molecule has 0 aliphatic heterocycles. The number of carbonyl (C=O) groups excluding carboxylic acids is 1. The average molecular weight is 485 g/mol. The zero-order valence-electron chi connectivity index (χ0n) is 20.3.